The molecule has 0 unspecified atom stereocenters. The lowest BCUT2D eigenvalue weighted by molar-refractivity contribution is 0.448. The molecule has 0 radical (unpaired) electrons. The van der Waals surface area contributed by atoms with Crippen molar-refractivity contribution in [2.45, 2.75) is 78.3 Å². The van der Waals surface area contributed by atoms with Crippen LogP contribution in [0.25, 0.3) is 55.3 Å². The van der Waals surface area contributed by atoms with E-state index in [1.807, 2.05) is 88.6 Å². The Morgan fingerprint density at radius 1 is 0.750 bits per heavy atom. The molecule has 242 valence electrons. The number of fused-ring (bicyclic) bond motifs is 1. The molecule has 0 aliphatic carbocycles. The Morgan fingerprint density at radius 2 is 1.46 bits per heavy atom. The Balaban J connectivity index is 1.79. The first kappa shape index (κ1) is 23.2. The molecule has 0 aliphatic heterocycles. The van der Waals surface area contributed by atoms with Crippen LogP contribution in [0.2, 0.25) is 0 Å². The summed E-state index contributed by atoms with van der Waals surface area (Å²) < 4.78 is 78.4. The first-order valence-corrected chi connectivity index (χ1v) is 15.8. The third kappa shape index (κ3) is 5.88. The van der Waals surface area contributed by atoms with Crippen LogP contribution in [0.1, 0.15) is 91.1 Å². The van der Waals surface area contributed by atoms with Crippen molar-refractivity contribution in [1.29, 1.82) is 0 Å². The predicted molar refractivity (Wildman–Crippen MR) is 199 cm³/mol. The smallest absolute Gasteiger partial charge is 0.198 e. The summed E-state index contributed by atoms with van der Waals surface area (Å²) in [6.07, 6.45) is 1.53. The van der Waals surface area contributed by atoms with Gasteiger partial charge in [0.15, 0.2) is 5.69 Å². The number of hydrogen-bond donors (Lipinski definition) is 1. The van der Waals surface area contributed by atoms with Crippen LogP contribution >= 0.6 is 0 Å². The van der Waals surface area contributed by atoms with Gasteiger partial charge in [-0.25, -0.2) is 9.83 Å². The minimum atomic E-state index is -3.50. The molecule has 0 saturated carbocycles. The van der Waals surface area contributed by atoms with Crippen molar-refractivity contribution in [1.82, 2.24) is 14.5 Å². The molecule has 0 amide bonds. The number of benzene rings is 4. The molecule has 2 aromatic heterocycles. The maximum absolute atomic E-state index is 12.2. The van der Waals surface area contributed by atoms with E-state index in [0.29, 0.717) is 61.7 Å². The molecule has 0 aliphatic rings. The van der Waals surface area contributed by atoms with Crippen LogP contribution in [0, 0.1) is 6.57 Å². The lowest BCUT2D eigenvalue weighted by Gasteiger charge is -2.29. The first-order chi connectivity index (χ1) is 26.3. The summed E-state index contributed by atoms with van der Waals surface area (Å²) in [5.41, 5.74) is 0.275. The van der Waals surface area contributed by atoms with Gasteiger partial charge in [-0.3, -0.25) is 9.55 Å². The van der Waals surface area contributed by atoms with Gasteiger partial charge in [0.2, 0.25) is 0 Å². The summed E-state index contributed by atoms with van der Waals surface area (Å²) in [5, 5.41) is 12.2. The highest BCUT2D eigenvalue weighted by atomic mass is 16.3. The Labute approximate surface area is 297 Å². The second-order valence-corrected chi connectivity index (χ2v) is 14.2. The van der Waals surface area contributed by atoms with E-state index in [0.717, 1.165) is 5.56 Å². The van der Waals surface area contributed by atoms with Gasteiger partial charge in [-0.05, 0) is 75.4 Å². The maximum Gasteiger partial charge on any atom is 0.198 e. The lowest BCUT2D eigenvalue weighted by atomic mass is 9.77. The zero-order valence-corrected chi connectivity index (χ0v) is 28.0. The fraction of sp³-hybridized carbons (Fsp3) is 0.279. The fourth-order valence-corrected chi connectivity index (χ4v) is 6.26. The van der Waals surface area contributed by atoms with E-state index in [9.17, 15) is 5.11 Å². The topological polar surface area (TPSA) is 55.3 Å². The second-order valence-electron chi connectivity index (χ2n) is 14.2. The van der Waals surface area contributed by atoms with E-state index < -0.39 is 42.4 Å². The standard InChI is InChI=1S/C43H44N4O/c1-41(2,3)29-24-27(23-28(25-29)34-20-14-15-22-45-34)31-19-16-21-35-37(31)46-40(47(35)30-17-12-11-13-18-30)32-26-33(42(4,5)6)38(44-10)36(39(32)48)43(7,8)9/h11-26,48H,1-9H3/i1D3,2D3,3D3. The second kappa shape index (κ2) is 11.8. The van der Waals surface area contributed by atoms with E-state index in [1.165, 1.54) is 18.3 Å². The highest BCUT2D eigenvalue weighted by Gasteiger charge is 2.33. The van der Waals surface area contributed by atoms with Gasteiger partial charge < -0.3 is 5.11 Å². The van der Waals surface area contributed by atoms with Crippen molar-refractivity contribution in [2.75, 3.05) is 0 Å². The number of nitrogens with zero attached hydrogens (tertiary/aromatic N) is 4. The maximum atomic E-state index is 12.2. The molecule has 0 fully saturated rings. The summed E-state index contributed by atoms with van der Waals surface area (Å²) in [6, 6.07) is 26.0. The quantitative estimate of drug-likeness (QED) is 0.195. The number of hydrogen-bond acceptors (Lipinski definition) is 3. The molecule has 48 heavy (non-hydrogen) atoms. The molecule has 6 aromatic rings. The predicted octanol–water partition coefficient (Wildman–Crippen LogP) is 11.6. The van der Waals surface area contributed by atoms with Crippen molar-refractivity contribution in [3.8, 4) is 45.2 Å². The summed E-state index contributed by atoms with van der Waals surface area (Å²) in [7, 11) is 0. The zero-order valence-electron chi connectivity index (χ0n) is 37.0. The minimum absolute atomic E-state index is 0.0900. The van der Waals surface area contributed by atoms with Crippen LogP contribution in [0.3, 0.4) is 0 Å². The molecule has 0 spiro atoms. The SMILES string of the molecule is [2H]C([2H])([2H])C(c1cc(-c2ccccn2)cc(-c2cccc3c2nc(-c2cc(C(C)(C)C)c([N+]#[C-])c(C(C)(C)C)c2O)n3-c2ccccc2)c1)(C([2H])([2H])[2H])C([2H])([2H])[2H]. The molecular weight excluding hydrogens is 589 g/mol. The van der Waals surface area contributed by atoms with Gasteiger partial charge in [0, 0.05) is 40.9 Å². The molecule has 0 bridgehead atoms. The van der Waals surface area contributed by atoms with Gasteiger partial charge in [0.25, 0.3) is 0 Å². The monoisotopic (exact) mass is 641 g/mol. The Morgan fingerprint density at radius 3 is 2.08 bits per heavy atom. The van der Waals surface area contributed by atoms with Crippen molar-refractivity contribution < 1.29 is 17.4 Å². The van der Waals surface area contributed by atoms with Crippen molar-refractivity contribution in [3.63, 3.8) is 0 Å². The van der Waals surface area contributed by atoms with Gasteiger partial charge in [0.1, 0.15) is 11.6 Å². The third-order valence-electron chi connectivity index (χ3n) is 8.52. The number of aromatic hydroxyl groups is 1. The Kier molecular flexibility index (Phi) is 5.69. The van der Waals surface area contributed by atoms with E-state index in [4.69, 9.17) is 23.9 Å². The van der Waals surface area contributed by atoms with E-state index >= 15 is 0 Å². The summed E-state index contributed by atoms with van der Waals surface area (Å²) in [4.78, 5) is 13.6. The number of imidazole rings is 1. The largest absolute Gasteiger partial charge is 0.508 e. The lowest BCUT2D eigenvalue weighted by Crippen LogP contribution is -2.18. The van der Waals surface area contributed by atoms with Gasteiger partial charge in [0.05, 0.1) is 28.9 Å². The molecular formula is C43H44N4O. The van der Waals surface area contributed by atoms with Crippen LogP contribution in [0.4, 0.5) is 5.69 Å². The fourth-order valence-electron chi connectivity index (χ4n) is 6.26. The van der Waals surface area contributed by atoms with Crippen LogP contribution in [-0.2, 0) is 16.2 Å². The highest BCUT2D eigenvalue weighted by molar-refractivity contribution is 5.97. The van der Waals surface area contributed by atoms with Crippen LogP contribution < -0.4 is 0 Å². The third-order valence-corrected chi connectivity index (χ3v) is 8.52. The number of phenolic OH excluding ortho intramolecular Hbond substituents is 1. The summed E-state index contributed by atoms with van der Waals surface area (Å²) in [5.74, 6) is 0.268. The van der Waals surface area contributed by atoms with E-state index in [2.05, 4.69) is 9.83 Å². The van der Waals surface area contributed by atoms with Crippen molar-refractivity contribution >= 4 is 16.7 Å². The summed E-state index contributed by atoms with van der Waals surface area (Å²) in [6.45, 7) is 9.53. The molecule has 0 atom stereocenters. The zero-order chi connectivity index (χ0) is 42.1. The number of phenols is 1. The van der Waals surface area contributed by atoms with E-state index in [-0.39, 0.29) is 5.75 Å². The molecule has 5 heteroatoms. The van der Waals surface area contributed by atoms with Crippen LogP contribution in [0.5, 0.6) is 5.75 Å². The highest BCUT2D eigenvalue weighted by Crippen LogP contribution is 2.50. The number of rotatable bonds is 4. The van der Waals surface area contributed by atoms with Gasteiger partial charge in [-0.1, -0.05) is 111 Å². The van der Waals surface area contributed by atoms with Crippen LogP contribution in [0.15, 0.2) is 97.2 Å². The van der Waals surface area contributed by atoms with Crippen LogP contribution in [-0.4, -0.2) is 19.6 Å². The minimum Gasteiger partial charge on any atom is -0.508 e. The molecule has 2 heterocycles. The Bertz CT molecular complexity index is 2480. The molecule has 1 N–H and O–H groups in total. The van der Waals surface area contributed by atoms with E-state index in [1.54, 1.807) is 36.4 Å². The number of pyridine rings is 1. The van der Waals surface area contributed by atoms with Gasteiger partial charge in [-0.2, -0.15) is 0 Å². The number of para-hydroxylation sites is 2. The van der Waals surface area contributed by atoms with Crippen molar-refractivity contribution in [2.24, 2.45) is 0 Å². The molecule has 5 nitrogen and oxygen atoms in total. The van der Waals surface area contributed by atoms with Gasteiger partial charge >= 0.3 is 0 Å². The van der Waals surface area contributed by atoms with Crippen molar-refractivity contribution in [3.05, 3.63) is 125 Å². The van der Waals surface area contributed by atoms with Gasteiger partial charge in [-0.15, -0.1) is 0 Å². The molecule has 4 aromatic carbocycles. The summed E-state index contributed by atoms with van der Waals surface area (Å²) >= 11 is 0. The average molecular weight is 642 g/mol. The Hall–Kier alpha value is -5.21. The first-order valence-electron chi connectivity index (χ1n) is 20.3. The normalized spacial score (nSPS) is 15.9. The average Bonchev–Trinajstić information content (AvgIpc) is 3.48. The number of aromatic nitrogens is 3. The molecule has 0 saturated heterocycles. The molecule has 6 rings (SSSR count).